The number of aromatic nitrogens is 1. The summed E-state index contributed by atoms with van der Waals surface area (Å²) in [6, 6.07) is 7.79. The van der Waals surface area contributed by atoms with Crippen molar-refractivity contribution in [3.8, 4) is 0 Å². The molecule has 1 aromatic carbocycles. The normalized spacial score (nSPS) is 10.5. The standard InChI is InChI=1S/C12H12BNO/c1-3-15-8(2)11-7-9-5-4-6-10(13)12(9)14-11/h4-7,14H,2-3H2,1H3. The molecule has 1 heterocycles. The van der Waals surface area contributed by atoms with E-state index in [1.807, 2.05) is 31.2 Å². The lowest BCUT2D eigenvalue weighted by Crippen LogP contribution is -2.02. The van der Waals surface area contributed by atoms with Crippen LogP contribution in [0.3, 0.4) is 0 Å². The van der Waals surface area contributed by atoms with Crippen LogP contribution in [0, 0.1) is 0 Å². The second-order valence-corrected chi connectivity index (χ2v) is 3.35. The quantitative estimate of drug-likeness (QED) is 0.590. The van der Waals surface area contributed by atoms with Gasteiger partial charge in [0, 0.05) is 5.52 Å². The summed E-state index contributed by atoms with van der Waals surface area (Å²) >= 11 is 0. The second-order valence-electron chi connectivity index (χ2n) is 3.35. The molecule has 15 heavy (non-hydrogen) atoms. The summed E-state index contributed by atoms with van der Waals surface area (Å²) in [5, 5.41) is 1.07. The van der Waals surface area contributed by atoms with Gasteiger partial charge in [-0.1, -0.05) is 30.2 Å². The first kappa shape index (κ1) is 9.90. The predicted octanol–water partition coefficient (Wildman–Crippen LogP) is 1.97. The molecule has 0 fully saturated rings. The highest BCUT2D eigenvalue weighted by Gasteiger charge is 2.05. The summed E-state index contributed by atoms with van der Waals surface area (Å²) in [6.45, 7) is 6.39. The maximum Gasteiger partial charge on any atom is 0.135 e. The van der Waals surface area contributed by atoms with Gasteiger partial charge in [0.05, 0.1) is 12.3 Å². The molecule has 2 aromatic rings. The zero-order valence-corrected chi connectivity index (χ0v) is 8.71. The fourth-order valence-electron chi connectivity index (χ4n) is 1.58. The van der Waals surface area contributed by atoms with Crippen molar-refractivity contribution in [3.63, 3.8) is 0 Å². The van der Waals surface area contributed by atoms with Crippen molar-refractivity contribution in [2.75, 3.05) is 6.61 Å². The van der Waals surface area contributed by atoms with Crippen LogP contribution >= 0.6 is 0 Å². The Morgan fingerprint density at radius 2 is 2.33 bits per heavy atom. The summed E-state index contributed by atoms with van der Waals surface area (Å²) < 4.78 is 5.33. The van der Waals surface area contributed by atoms with E-state index in [4.69, 9.17) is 12.6 Å². The smallest absolute Gasteiger partial charge is 0.135 e. The Kier molecular flexibility index (Phi) is 2.54. The van der Waals surface area contributed by atoms with E-state index < -0.39 is 0 Å². The van der Waals surface area contributed by atoms with Crippen LogP contribution in [0.2, 0.25) is 0 Å². The van der Waals surface area contributed by atoms with Crippen LogP contribution in [0.4, 0.5) is 0 Å². The number of rotatable bonds is 3. The summed E-state index contributed by atoms with van der Waals surface area (Å²) in [7, 11) is 5.84. The van der Waals surface area contributed by atoms with Crippen LogP contribution in [0.1, 0.15) is 12.6 Å². The van der Waals surface area contributed by atoms with Gasteiger partial charge in [0.25, 0.3) is 0 Å². The maximum absolute atomic E-state index is 5.84. The van der Waals surface area contributed by atoms with Crippen LogP contribution in [0.5, 0.6) is 0 Å². The molecular weight excluding hydrogens is 185 g/mol. The second kappa shape index (κ2) is 3.85. The Hall–Kier alpha value is -1.64. The van der Waals surface area contributed by atoms with Crippen LogP contribution in [0.15, 0.2) is 30.8 Å². The molecule has 0 aliphatic rings. The third-order valence-corrected chi connectivity index (χ3v) is 2.31. The average molecular weight is 197 g/mol. The Bertz CT molecular complexity index is 501. The number of hydrogen-bond acceptors (Lipinski definition) is 1. The molecule has 1 aromatic heterocycles. The number of para-hydroxylation sites is 1. The first-order valence-electron chi connectivity index (χ1n) is 4.91. The molecule has 74 valence electrons. The Labute approximate surface area is 90.4 Å². The number of aromatic amines is 1. The Morgan fingerprint density at radius 3 is 3.00 bits per heavy atom. The Balaban J connectivity index is 2.47. The van der Waals surface area contributed by atoms with Crippen LogP contribution in [0.25, 0.3) is 16.7 Å². The molecule has 0 saturated heterocycles. The van der Waals surface area contributed by atoms with E-state index in [9.17, 15) is 0 Å². The van der Waals surface area contributed by atoms with Crippen molar-refractivity contribution in [1.82, 2.24) is 4.98 Å². The zero-order chi connectivity index (χ0) is 10.8. The number of hydrogen-bond donors (Lipinski definition) is 1. The van der Waals surface area contributed by atoms with Gasteiger partial charge < -0.3 is 9.72 Å². The van der Waals surface area contributed by atoms with Crippen molar-refractivity contribution in [2.45, 2.75) is 6.92 Å². The first-order valence-corrected chi connectivity index (χ1v) is 4.91. The van der Waals surface area contributed by atoms with Gasteiger partial charge in [0.15, 0.2) is 0 Å². The van der Waals surface area contributed by atoms with E-state index in [-0.39, 0.29) is 0 Å². The van der Waals surface area contributed by atoms with Crippen LogP contribution < -0.4 is 5.46 Å². The van der Waals surface area contributed by atoms with E-state index in [0.29, 0.717) is 12.4 Å². The van der Waals surface area contributed by atoms with Crippen LogP contribution in [-0.4, -0.2) is 19.4 Å². The topological polar surface area (TPSA) is 25.0 Å². The average Bonchev–Trinajstić information content (AvgIpc) is 2.63. The lowest BCUT2D eigenvalue weighted by atomic mass is 9.94. The highest BCUT2D eigenvalue weighted by atomic mass is 16.5. The van der Waals surface area contributed by atoms with E-state index in [1.54, 1.807) is 0 Å². The van der Waals surface area contributed by atoms with Gasteiger partial charge in [-0.3, -0.25) is 0 Å². The SMILES string of the molecule is [B]c1cccc2cc(C(=C)OCC)[nH]c12. The molecule has 2 rings (SSSR count). The monoisotopic (exact) mass is 197 g/mol. The molecule has 0 atom stereocenters. The lowest BCUT2D eigenvalue weighted by molar-refractivity contribution is 0.298. The van der Waals surface area contributed by atoms with E-state index >= 15 is 0 Å². The summed E-state index contributed by atoms with van der Waals surface area (Å²) in [4.78, 5) is 3.20. The lowest BCUT2D eigenvalue weighted by Gasteiger charge is -2.03. The van der Waals surface area contributed by atoms with Gasteiger partial charge >= 0.3 is 0 Å². The predicted molar refractivity (Wildman–Crippen MR) is 64.3 cm³/mol. The van der Waals surface area contributed by atoms with Crippen molar-refractivity contribution in [3.05, 3.63) is 36.5 Å². The minimum absolute atomic E-state index is 0.615. The van der Waals surface area contributed by atoms with Gasteiger partial charge in [0.1, 0.15) is 13.6 Å². The van der Waals surface area contributed by atoms with E-state index in [1.165, 1.54) is 0 Å². The Morgan fingerprint density at radius 1 is 1.53 bits per heavy atom. The number of ether oxygens (including phenoxy) is 1. The first-order chi connectivity index (χ1) is 7.22. The number of benzene rings is 1. The number of fused-ring (bicyclic) bond motifs is 1. The van der Waals surface area contributed by atoms with Gasteiger partial charge in [0.2, 0.25) is 0 Å². The van der Waals surface area contributed by atoms with E-state index in [0.717, 1.165) is 22.1 Å². The number of H-pyrrole nitrogens is 1. The zero-order valence-electron chi connectivity index (χ0n) is 8.71. The molecule has 0 saturated carbocycles. The molecule has 1 N–H and O–H groups in total. The molecule has 0 spiro atoms. The maximum atomic E-state index is 5.84. The molecule has 0 amide bonds. The fourth-order valence-corrected chi connectivity index (χ4v) is 1.58. The van der Waals surface area contributed by atoms with Crippen molar-refractivity contribution in [1.29, 1.82) is 0 Å². The summed E-state index contributed by atoms with van der Waals surface area (Å²) in [6.07, 6.45) is 0. The minimum atomic E-state index is 0.615. The third-order valence-electron chi connectivity index (χ3n) is 2.31. The molecule has 3 heteroatoms. The molecule has 2 nitrogen and oxygen atoms in total. The molecule has 0 aliphatic heterocycles. The van der Waals surface area contributed by atoms with E-state index in [2.05, 4.69) is 11.6 Å². The summed E-state index contributed by atoms with van der Waals surface area (Å²) in [5.41, 5.74) is 2.56. The van der Waals surface area contributed by atoms with Gasteiger partial charge in [-0.25, -0.2) is 0 Å². The largest absolute Gasteiger partial charge is 0.492 e. The molecule has 0 bridgehead atoms. The van der Waals surface area contributed by atoms with Crippen LogP contribution in [-0.2, 0) is 4.74 Å². The minimum Gasteiger partial charge on any atom is -0.492 e. The number of nitrogens with one attached hydrogen (secondary N) is 1. The molecule has 2 radical (unpaired) electrons. The van der Waals surface area contributed by atoms with Gasteiger partial charge in [-0.05, 0) is 18.4 Å². The molecular formula is C12H12BNO. The fraction of sp³-hybridized carbons (Fsp3) is 0.167. The summed E-state index contributed by atoms with van der Waals surface area (Å²) in [5.74, 6) is 0.646. The van der Waals surface area contributed by atoms with Gasteiger partial charge in [-0.2, -0.15) is 0 Å². The highest BCUT2D eigenvalue weighted by molar-refractivity contribution is 6.38. The van der Waals surface area contributed by atoms with Gasteiger partial charge in [-0.15, -0.1) is 0 Å². The molecule has 0 unspecified atom stereocenters. The van der Waals surface area contributed by atoms with Crippen molar-refractivity contribution >= 4 is 30.0 Å². The van der Waals surface area contributed by atoms with Crippen molar-refractivity contribution in [2.24, 2.45) is 0 Å². The van der Waals surface area contributed by atoms with Crippen molar-refractivity contribution < 1.29 is 4.74 Å². The molecule has 0 aliphatic carbocycles. The highest BCUT2D eigenvalue weighted by Crippen LogP contribution is 2.18. The third kappa shape index (κ3) is 1.77.